The van der Waals surface area contributed by atoms with Gasteiger partial charge in [-0.2, -0.15) is 0 Å². The second-order valence-corrected chi connectivity index (χ2v) is 19.6. The quantitative estimate of drug-likeness (QED) is 0.159. The Morgan fingerprint density at radius 1 is 0.324 bits per heavy atom. The summed E-state index contributed by atoms with van der Waals surface area (Å²) in [6, 6.07) is 82.7. The zero-order chi connectivity index (χ0) is 45.7. The van der Waals surface area contributed by atoms with Gasteiger partial charge in [-0.05, 0) is 126 Å². The Kier molecular flexibility index (Phi) is 8.95. The van der Waals surface area contributed by atoms with E-state index in [1.54, 1.807) is 0 Å². The molecule has 0 fully saturated rings. The molecular formula is C66H49NO. The van der Waals surface area contributed by atoms with E-state index in [2.05, 4.69) is 251 Å². The third-order valence-electron chi connectivity index (χ3n) is 15.1. The first kappa shape index (κ1) is 40.1. The Bertz CT molecular complexity index is 3810. The average molecular weight is 872 g/mol. The molecule has 0 spiro atoms. The number of furan rings is 1. The molecule has 13 rings (SSSR count). The molecule has 0 N–H and O–H groups in total. The van der Waals surface area contributed by atoms with E-state index in [1.165, 1.54) is 72.4 Å². The van der Waals surface area contributed by atoms with Crippen molar-refractivity contribution in [3.63, 3.8) is 0 Å². The standard InChI is InChI=1S/C66H49NO/c1-65(2)58-30-12-9-26-55(58)63-59(65)31-17-32-61(63)67(48-35-37-52-51-24-8-11-29-57(51)66(3,4)60(52)41-48)47-23-15-22-46(39-47)56-40-43(42-18-6-5-7-19-42)34-36-49(56)44-20-14-21-45(38-44)50-27-16-28-54-53-25-10-13-33-62(53)68-64(50)54/h5-41H,1-4H3. The summed E-state index contributed by atoms with van der Waals surface area (Å²) < 4.78 is 6.56. The van der Waals surface area contributed by atoms with Gasteiger partial charge in [0.25, 0.3) is 0 Å². The maximum Gasteiger partial charge on any atom is 0.143 e. The van der Waals surface area contributed by atoms with E-state index in [0.29, 0.717) is 0 Å². The average Bonchev–Trinajstić information content (AvgIpc) is 3.97. The molecule has 0 bridgehead atoms. The molecule has 0 amide bonds. The summed E-state index contributed by atoms with van der Waals surface area (Å²) in [4.78, 5) is 2.52. The Labute approximate surface area is 398 Å². The Morgan fingerprint density at radius 3 is 1.72 bits per heavy atom. The third-order valence-corrected chi connectivity index (χ3v) is 15.1. The maximum atomic E-state index is 6.56. The zero-order valence-electron chi connectivity index (χ0n) is 38.7. The van der Waals surface area contributed by atoms with Crippen molar-refractivity contribution < 1.29 is 4.42 Å². The number of fused-ring (bicyclic) bond motifs is 9. The lowest BCUT2D eigenvalue weighted by molar-refractivity contribution is 0.660. The lowest BCUT2D eigenvalue weighted by Gasteiger charge is -2.31. The van der Waals surface area contributed by atoms with Gasteiger partial charge in [0, 0.05) is 44.1 Å². The molecule has 324 valence electrons. The van der Waals surface area contributed by atoms with Gasteiger partial charge >= 0.3 is 0 Å². The van der Waals surface area contributed by atoms with Crippen molar-refractivity contribution in [3.05, 3.63) is 247 Å². The predicted octanol–water partition coefficient (Wildman–Crippen LogP) is 18.3. The minimum absolute atomic E-state index is 0.145. The van der Waals surface area contributed by atoms with Crippen LogP contribution in [-0.4, -0.2) is 0 Å². The molecule has 0 aliphatic heterocycles. The van der Waals surface area contributed by atoms with Crippen molar-refractivity contribution in [1.82, 2.24) is 0 Å². The van der Waals surface area contributed by atoms with Gasteiger partial charge in [0.2, 0.25) is 0 Å². The highest BCUT2D eigenvalue weighted by atomic mass is 16.3. The molecule has 0 saturated carbocycles. The number of para-hydroxylation sites is 2. The van der Waals surface area contributed by atoms with Crippen molar-refractivity contribution in [1.29, 1.82) is 0 Å². The van der Waals surface area contributed by atoms with Crippen LogP contribution in [0.4, 0.5) is 17.1 Å². The number of anilines is 3. The van der Waals surface area contributed by atoms with E-state index >= 15 is 0 Å². The highest BCUT2D eigenvalue weighted by Gasteiger charge is 2.39. The van der Waals surface area contributed by atoms with Gasteiger partial charge in [0.05, 0.1) is 5.69 Å². The topological polar surface area (TPSA) is 16.4 Å². The minimum atomic E-state index is -0.153. The maximum absolute atomic E-state index is 6.56. The highest BCUT2D eigenvalue weighted by molar-refractivity contribution is 6.10. The van der Waals surface area contributed by atoms with E-state index in [1.807, 2.05) is 6.07 Å². The van der Waals surface area contributed by atoms with Gasteiger partial charge in [-0.15, -0.1) is 0 Å². The van der Waals surface area contributed by atoms with Crippen LogP contribution >= 0.6 is 0 Å². The number of nitrogens with zero attached hydrogens (tertiary/aromatic N) is 1. The predicted molar refractivity (Wildman–Crippen MR) is 285 cm³/mol. The van der Waals surface area contributed by atoms with Gasteiger partial charge in [0.1, 0.15) is 11.2 Å². The van der Waals surface area contributed by atoms with Crippen LogP contribution in [0.1, 0.15) is 49.9 Å². The second-order valence-electron chi connectivity index (χ2n) is 19.6. The largest absolute Gasteiger partial charge is 0.455 e. The van der Waals surface area contributed by atoms with Crippen molar-refractivity contribution in [2.45, 2.75) is 38.5 Å². The zero-order valence-corrected chi connectivity index (χ0v) is 38.7. The number of rotatable bonds is 7. The van der Waals surface area contributed by atoms with Crippen LogP contribution in [0, 0.1) is 0 Å². The van der Waals surface area contributed by atoms with Crippen LogP contribution in [0.25, 0.3) is 88.7 Å². The molecule has 0 atom stereocenters. The van der Waals surface area contributed by atoms with E-state index in [4.69, 9.17) is 4.42 Å². The summed E-state index contributed by atoms with van der Waals surface area (Å²) >= 11 is 0. The van der Waals surface area contributed by atoms with E-state index < -0.39 is 0 Å². The number of hydrogen-bond donors (Lipinski definition) is 0. The molecular weight excluding hydrogens is 823 g/mol. The molecule has 2 aliphatic rings. The first-order valence-electron chi connectivity index (χ1n) is 23.8. The van der Waals surface area contributed by atoms with Gasteiger partial charge in [0.15, 0.2) is 0 Å². The molecule has 11 aromatic rings. The molecule has 68 heavy (non-hydrogen) atoms. The smallest absolute Gasteiger partial charge is 0.143 e. The first-order valence-corrected chi connectivity index (χ1v) is 23.8. The first-order chi connectivity index (χ1) is 33.2. The van der Waals surface area contributed by atoms with Crippen molar-refractivity contribution in [3.8, 4) is 66.8 Å². The summed E-state index contributed by atoms with van der Waals surface area (Å²) in [5, 5.41) is 2.26. The molecule has 0 unspecified atom stereocenters. The third kappa shape index (κ3) is 6.10. The molecule has 2 nitrogen and oxygen atoms in total. The van der Waals surface area contributed by atoms with Gasteiger partial charge in [-0.1, -0.05) is 204 Å². The van der Waals surface area contributed by atoms with Crippen molar-refractivity contribution in [2.24, 2.45) is 0 Å². The minimum Gasteiger partial charge on any atom is -0.455 e. The Hall–Kier alpha value is -8.20. The molecule has 1 aromatic heterocycles. The fourth-order valence-corrected chi connectivity index (χ4v) is 11.7. The van der Waals surface area contributed by atoms with Crippen molar-refractivity contribution >= 4 is 39.0 Å². The number of hydrogen-bond acceptors (Lipinski definition) is 2. The van der Waals surface area contributed by atoms with Crippen LogP contribution < -0.4 is 4.90 Å². The molecule has 2 aliphatic carbocycles. The van der Waals surface area contributed by atoms with Gasteiger partial charge in [-0.25, -0.2) is 0 Å². The second kappa shape index (κ2) is 15.2. The van der Waals surface area contributed by atoms with Crippen molar-refractivity contribution in [2.75, 3.05) is 4.90 Å². The molecule has 2 heteroatoms. The van der Waals surface area contributed by atoms with Gasteiger partial charge < -0.3 is 9.32 Å². The SMILES string of the molecule is CC1(C)c2ccccc2-c2ccc(N(c3cccc(-c4cc(-c5ccccc5)ccc4-c4cccc(-c5cccc6c5oc5ccccc56)c4)c3)c3cccc4c3-c3ccccc3C4(C)C)cc21. The van der Waals surface area contributed by atoms with Crippen LogP contribution in [0.3, 0.4) is 0 Å². The fourth-order valence-electron chi connectivity index (χ4n) is 11.7. The fraction of sp³-hybridized carbons (Fsp3) is 0.0909. The van der Waals surface area contributed by atoms with Crippen LogP contribution in [0.2, 0.25) is 0 Å². The lowest BCUT2D eigenvalue weighted by Crippen LogP contribution is -2.17. The monoisotopic (exact) mass is 871 g/mol. The summed E-state index contributed by atoms with van der Waals surface area (Å²) in [6.07, 6.45) is 0. The molecule has 0 saturated heterocycles. The lowest BCUT2D eigenvalue weighted by atomic mass is 9.82. The van der Waals surface area contributed by atoms with Crippen LogP contribution in [0.15, 0.2) is 229 Å². The summed E-state index contributed by atoms with van der Waals surface area (Å²) in [5.41, 5.74) is 24.8. The molecule has 10 aromatic carbocycles. The van der Waals surface area contributed by atoms with Gasteiger partial charge in [-0.3, -0.25) is 0 Å². The van der Waals surface area contributed by atoms with E-state index in [0.717, 1.165) is 55.6 Å². The molecule has 1 heterocycles. The highest BCUT2D eigenvalue weighted by Crippen LogP contribution is 2.56. The molecule has 0 radical (unpaired) electrons. The summed E-state index contributed by atoms with van der Waals surface area (Å²) in [5.74, 6) is 0. The van der Waals surface area contributed by atoms with Crippen LogP contribution in [0.5, 0.6) is 0 Å². The van der Waals surface area contributed by atoms with E-state index in [-0.39, 0.29) is 10.8 Å². The number of benzene rings is 10. The summed E-state index contributed by atoms with van der Waals surface area (Å²) in [6.45, 7) is 9.49. The Morgan fingerprint density at radius 2 is 0.882 bits per heavy atom. The Balaban J connectivity index is 1.01. The van der Waals surface area contributed by atoms with Crippen LogP contribution in [-0.2, 0) is 10.8 Å². The van der Waals surface area contributed by atoms with E-state index in [9.17, 15) is 0 Å². The normalized spacial score (nSPS) is 13.8. The summed E-state index contributed by atoms with van der Waals surface area (Å²) in [7, 11) is 0.